The molecule has 0 atom stereocenters. The highest BCUT2D eigenvalue weighted by molar-refractivity contribution is 5.78. The lowest BCUT2D eigenvalue weighted by Crippen LogP contribution is -2.49. The lowest BCUT2D eigenvalue weighted by molar-refractivity contribution is -0.126. The maximum absolute atomic E-state index is 12.5. The van der Waals surface area contributed by atoms with Gasteiger partial charge in [0, 0.05) is 50.3 Å². The van der Waals surface area contributed by atoms with Crippen LogP contribution in [0, 0.1) is 12.8 Å². The first-order chi connectivity index (χ1) is 14.7. The number of likely N-dealkylation sites (tertiary alicyclic amines) is 2. The van der Waals surface area contributed by atoms with Crippen molar-refractivity contribution in [1.82, 2.24) is 20.1 Å². The Morgan fingerprint density at radius 3 is 2.60 bits per heavy atom. The minimum absolute atomic E-state index is 0.158. The molecule has 0 bridgehead atoms. The van der Waals surface area contributed by atoms with Crippen LogP contribution in [-0.4, -0.2) is 59.5 Å². The van der Waals surface area contributed by atoms with Gasteiger partial charge in [0.15, 0.2) is 0 Å². The Morgan fingerprint density at radius 1 is 1.10 bits per heavy atom. The second-order valence-corrected chi connectivity index (χ2v) is 8.71. The molecule has 2 aromatic rings. The van der Waals surface area contributed by atoms with Crippen LogP contribution >= 0.6 is 0 Å². The number of furan rings is 1. The van der Waals surface area contributed by atoms with Crippen molar-refractivity contribution in [3.8, 4) is 0 Å². The lowest BCUT2D eigenvalue weighted by atomic mass is 9.92. The van der Waals surface area contributed by atoms with Crippen LogP contribution in [-0.2, 0) is 17.8 Å². The van der Waals surface area contributed by atoms with Crippen LogP contribution in [0.25, 0.3) is 0 Å². The molecule has 30 heavy (non-hydrogen) atoms. The van der Waals surface area contributed by atoms with Gasteiger partial charge in [-0.15, -0.1) is 0 Å². The molecule has 0 unspecified atom stereocenters. The quantitative estimate of drug-likeness (QED) is 0.760. The number of aromatic nitrogens is 1. The van der Waals surface area contributed by atoms with Crippen molar-refractivity contribution < 1.29 is 9.21 Å². The van der Waals surface area contributed by atoms with Crippen LogP contribution in [0.2, 0.25) is 0 Å². The number of nitrogens with zero attached hydrogens (tertiary/aromatic N) is 3. The summed E-state index contributed by atoms with van der Waals surface area (Å²) in [6, 6.07) is 10.8. The number of hydrogen-bond acceptors (Lipinski definition) is 5. The molecule has 0 aliphatic carbocycles. The van der Waals surface area contributed by atoms with E-state index in [2.05, 4.69) is 45.2 Å². The first kappa shape index (κ1) is 21.1. The van der Waals surface area contributed by atoms with Crippen LogP contribution in [0.3, 0.4) is 0 Å². The Kier molecular flexibility index (Phi) is 7.18. The topological polar surface area (TPSA) is 61.6 Å². The van der Waals surface area contributed by atoms with E-state index in [-0.39, 0.29) is 11.8 Å². The molecule has 2 fully saturated rings. The van der Waals surface area contributed by atoms with Crippen molar-refractivity contribution in [1.29, 1.82) is 0 Å². The summed E-state index contributed by atoms with van der Waals surface area (Å²) in [5.41, 5.74) is 2.27. The van der Waals surface area contributed by atoms with E-state index in [9.17, 15) is 4.79 Å². The molecule has 0 radical (unpaired) electrons. The maximum Gasteiger partial charge on any atom is 0.223 e. The molecule has 1 amide bonds. The predicted molar refractivity (Wildman–Crippen MR) is 117 cm³/mol. The largest absolute Gasteiger partial charge is 0.469 e. The predicted octanol–water partition coefficient (Wildman–Crippen LogP) is 3.02. The van der Waals surface area contributed by atoms with Gasteiger partial charge in [-0.3, -0.25) is 14.7 Å². The number of rotatable bonds is 7. The molecule has 0 aromatic carbocycles. The minimum atomic E-state index is 0.158. The van der Waals surface area contributed by atoms with Gasteiger partial charge < -0.3 is 14.6 Å². The van der Waals surface area contributed by atoms with E-state index in [1.54, 1.807) is 6.26 Å². The van der Waals surface area contributed by atoms with Gasteiger partial charge in [0.05, 0.1) is 12.0 Å². The van der Waals surface area contributed by atoms with Crippen molar-refractivity contribution in [2.45, 2.75) is 51.6 Å². The van der Waals surface area contributed by atoms with Crippen molar-refractivity contribution >= 4 is 5.91 Å². The van der Waals surface area contributed by atoms with E-state index < -0.39 is 0 Å². The normalized spacial score (nSPS) is 19.8. The second kappa shape index (κ2) is 10.2. The number of carbonyl (C=O) groups is 1. The van der Waals surface area contributed by atoms with Gasteiger partial charge in [-0.2, -0.15) is 0 Å². The Bertz CT molecular complexity index is 791. The molecule has 0 saturated carbocycles. The summed E-state index contributed by atoms with van der Waals surface area (Å²) in [7, 11) is 0. The Hall–Kier alpha value is -2.18. The van der Waals surface area contributed by atoms with Gasteiger partial charge in [0.1, 0.15) is 5.76 Å². The zero-order valence-electron chi connectivity index (χ0n) is 18.1. The third-order valence-electron chi connectivity index (χ3n) is 6.56. The highest BCUT2D eigenvalue weighted by Gasteiger charge is 2.30. The van der Waals surface area contributed by atoms with E-state index in [1.165, 1.54) is 18.5 Å². The molecular weight excluding hydrogens is 376 g/mol. The summed E-state index contributed by atoms with van der Waals surface area (Å²) < 4.78 is 5.32. The van der Waals surface area contributed by atoms with Crippen molar-refractivity contribution in [3.05, 3.63) is 53.7 Å². The average molecular weight is 411 g/mol. The zero-order valence-corrected chi connectivity index (χ0v) is 18.1. The molecule has 2 aliphatic rings. The first-order valence-corrected chi connectivity index (χ1v) is 11.4. The van der Waals surface area contributed by atoms with Gasteiger partial charge in [-0.25, -0.2) is 0 Å². The van der Waals surface area contributed by atoms with Crippen LogP contribution in [0.4, 0.5) is 0 Å². The van der Waals surface area contributed by atoms with Crippen LogP contribution in [0.15, 0.2) is 41.0 Å². The van der Waals surface area contributed by atoms with E-state index in [1.807, 2.05) is 12.1 Å². The average Bonchev–Trinajstić information content (AvgIpc) is 3.28. The summed E-state index contributed by atoms with van der Waals surface area (Å²) >= 11 is 0. The highest BCUT2D eigenvalue weighted by Crippen LogP contribution is 2.24. The Labute approximate surface area is 179 Å². The van der Waals surface area contributed by atoms with Gasteiger partial charge >= 0.3 is 0 Å². The fourth-order valence-corrected chi connectivity index (χ4v) is 4.79. The summed E-state index contributed by atoms with van der Waals surface area (Å²) in [5.74, 6) is 1.29. The summed E-state index contributed by atoms with van der Waals surface area (Å²) in [5, 5.41) is 3.09. The number of aryl methyl sites for hydroxylation is 1. The van der Waals surface area contributed by atoms with E-state index in [0.29, 0.717) is 12.6 Å². The Balaban J connectivity index is 1.14. The molecule has 6 heteroatoms. The van der Waals surface area contributed by atoms with Crippen molar-refractivity contribution in [2.24, 2.45) is 5.92 Å². The molecule has 6 nitrogen and oxygen atoms in total. The number of carbonyl (C=O) groups excluding carboxylic acids is 1. The number of piperidine rings is 2. The number of nitrogens with one attached hydrogen (secondary N) is 1. The number of hydrogen-bond donors (Lipinski definition) is 1. The first-order valence-electron chi connectivity index (χ1n) is 11.4. The SMILES string of the molecule is Cc1cccc(CN2CCC(N3CCC(C(=O)NCCc4ccco4)CC3)CC2)n1. The molecule has 0 spiro atoms. The molecule has 2 saturated heterocycles. The smallest absolute Gasteiger partial charge is 0.223 e. The van der Waals surface area contributed by atoms with Crippen LogP contribution in [0.5, 0.6) is 0 Å². The van der Waals surface area contributed by atoms with Crippen molar-refractivity contribution in [2.75, 3.05) is 32.7 Å². The third kappa shape index (κ3) is 5.70. The number of amides is 1. The zero-order chi connectivity index (χ0) is 20.8. The van der Waals surface area contributed by atoms with E-state index in [4.69, 9.17) is 4.42 Å². The monoisotopic (exact) mass is 410 g/mol. The van der Waals surface area contributed by atoms with Crippen molar-refractivity contribution in [3.63, 3.8) is 0 Å². The summed E-state index contributed by atoms with van der Waals surface area (Å²) in [6.45, 7) is 8.01. The minimum Gasteiger partial charge on any atom is -0.469 e. The van der Waals surface area contributed by atoms with Gasteiger partial charge in [-0.05, 0) is 70.0 Å². The van der Waals surface area contributed by atoms with Crippen LogP contribution in [0.1, 0.15) is 42.8 Å². The Morgan fingerprint density at radius 2 is 1.90 bits per heavy atom. The third-order valence-corrected chi connectivity index (χ3v) is 6.56. The van der Waals surface area contributed by atoms with Crippen LogP contribution < -0.4 is 5.32 Å². The fourth-order valence-electron chi connectivity index (χ4n) is 4.79. The van der Waals surface area contributed by atoms with Gasteiger partial charge in [0.25, 0.3) is 0 Å². The van der Waals surface area contributed by atoms with E-state index >= 15 is 0 Å². The van der Waals surface area contributed by atoms with Gasteiger partial charge in [-0.1, -0.05) is 6.07 Å². The highest BCUT2D eigenvalue weighted by atomic mass is 16.3. The molecule has 162 valence electrons. The molecule has 4 rings (SSSR count). The molecule has 2 aromatic heterocycles. The maximum atomic E-state index is 12.5. The standard InChI is InChI=1S/C24H34N4O2/c1-19-4-2-5-21(26-19)18-27-13-10-22(11-14-27)28-15-8-20(9-16-28)24(29)25-12-7-23-6-3-17-30-23/h2-6,17,20,22H,7-16,18H2,1H3,(H,25,29). The lowest BCUT2D eigenvalue weighted by Gasteiger charge is -2.41. The molecule has 1 N–H and O–H groups in total. The molecule has 2 aliphatic heterocycles. The fraction of sp³-hybridized carbons (Fsp3) is 0.583. The van der Waals surface area contributed by atoms with Gasteiger partial charge in [0.2, 0.25) is 5.91 Å². The summed E-state index contributed by atoms with van der Waals surface area (Å²) in [6.07, 6.45) is 6.81. The van der Waals surface area contributed by atoms with E-state index in [0.717, 1.165) is 63.4 Å². The number of pyridine rings is 1. The summed E-state index contributed by atoms with van der Waals surface area (Å²) in [4.78, 5) is 22.3. The molecular formula is C24H34N4O2. The second-order valence-electron chi connectivity index (χ2n) is 8.71. The molecule has 4 heterocycles.